The molecule has 1 atom stereocenters. The Hall–Kier alpha value is -2.37. The van der Waals surface area contributed by atoms with Gasteiger partial charge in [0.15, 0.2) is 0 Å². The van der Waals surface area contributed by atoms with Crippen LogP contribution < -0.4 is 10.2 Å². The van der Waals surface area contributed by atoms with E-state index in [-0.39, 0.29) is 6.04 Å². The van der Waals surface area contributed by atoms with Gasteiger partial charge >= 0.3 is 0 Å². The zero-order valence-electron chi connectivity index (χ0n) is 13.5. The molecule has 5 nitrogen and oxygen atoms in total. The molecular weight excluding hydrogens is 292 g/mol. The number of allylic oxidation sites excluding steroid dienone is 3. The number of hydrogen-bond acceptors (Lipinski definition) is 4. The van der Waals surface area contributed by atoms with Crippen LogP contribution in [0, 0.1) is 0 Å². The van der Waals surface area contributed by atoms with Crippen LogP contribution in [0.5, 0.6) is 5.75 Å². The first-order valence-electron chi connectivity index (χ1n) is 7.45. The highest BCUT2D eigenvalue weighted by molar-refractivity contribution is 5.93. The predicted molar refractivity (Wildman–Crippen MR) is 89.5 cm³/mol. The summed E-state index contributed by atoms with van der Waals surface area (Å²) in [6.45, 7) is 7.23. The number of amides is 1. The van der Waals surface area contributed by atoms with Gasteiger partial charge in [0.1, 0.15) is 12.4 Å². The minimum Gasteiger partial charge on any atom is -0.491 e. The highest BCUT2D eigenvalue weighted by Crippen LogP contribution is 2.27. The van der Waals surface area contributed by atoms with E-state index < -0.39 is 5.91 Å². The fourth-order valence-electron chi connectivity index (χ4n) is 2.49. The van der Waals surface area contributed by atoms with Crippen LogP contribution in [0.15, 0.2) is 54.7 Å². The Labute approximate surface area is 136 Å². The van der Waals surface area contributed by atoms with Crippen LogP contribution in [-0.4, -0.2) is 35.7 Å². The van der Waals surface area contributed by atoms with Gasteiger partial charge in [-0.15, -0.1) is 0 Å². The van der Waals surface area contributed by atoms with Crippen LogP contribution in [0.2, 0.25) is 0 Å². The first kappa shape index (κ1) is 17.0. The molecule has 0 bridgehead atoms. The maximum absolute atomic E-state index is 11.5. The lowest BCUT2D eigenvalue weighted by Crippen LogP contribution is -2.35. The molecule has 1 aliphatic rings. The number of carbonyl (C=O) groups excluding carboxylic acids is 1. The molecular formula is C18H22N2O3. The summed E-state index contributed by atoms with van der Waals surface area (Å²) >= 11 is 0. The third kappa shape index (κ3) is 4.09. The van der Waals surface area contributed by atoms with E-state index >= 15 is 0 Å². The van der Waals surface area contributed by atoms with E-state index in [9.17, 15) is 4.79 Å². The van der Waals surface area contributed by atoms with Crippen molar-refractivity contribution in [3.05, 3.63) is 65.8 Å². The average Bonchev–Trinajstić information content (AvgIpc) is 2.71. The van der Waals surface area contributed by atoms with Gasteiger partial charge in [-0.25, -0.2) is 5.48 Å². The van der Waals surface area contributed by atoms with Crippen molar-refractivity contribution in [2.45, 2.75) is 19.5 Å². The number of fused-ring (bicyclic) bond motifs is 1. The van der Waals surface area contributed by atoms with E-state index in [0.717, 1.165) is 11.1 Å². The lowest BCUT2D eigenvalue weighted by atomic mass is 10.1. The first-order valence-corrected chi connectivity index (χ1v) is 7.45. The molecule has 1 amide bonds. The second-order valence-corrected chi connectivity index (χ2v) is 5.47. The Morgan fingerprint density at radius 3 is 2.96 bits per heavy atom. The highest BCUT2D eigenvalue weighted by Gasteiger charge is 2.23. The van der Waals surface area contributed by atoms with E-state index in [1.165, 1.54) is 0 Å². The Bertz CT molecular complexity index is 650. The topological polar surface area (TPSA) is 61.8 Å². The Morgan fingerprint density at radius 1 is 1.48 bits per heavy atom. The van der Waals surface area contributed by atoms with Crippen molar-refractivity contribution in [2.75, 3.05) is 13.7 Å². The van der Waals surface area contributed by atoms with Crippen molar-refractivity contribution in [1.82, 2.24) is 10.4 Å². The number of carbonyl (C=O) groups is 1. The number of ether oxygens (including phenoxy) is 1. The molecule has 2 N–H and O–H groups in total. The molecule has 0 spiro atoms. The lowest BCUT2D eigenvalue weighted by Gasteiger charge is -2.25. The van der Waals surface area contributed by atoms with Crippen LogP contribution in [-0.2, 0) is 6.54 Å². The van der Waals surface area contributed by atoms with Gasteiger partial charge in [-0.1, -0.05) is 36.9 Å². The summed E-state index contributed by atoms with van der Waals surface area (Å²) in [5, 5.41) is 8.73. The molecule has 122 valence electrons. The molecule has 0 saturated carbocycles. The summed E-state index contributed by atoms with van der Waals surface area (Å²) in [5.41, 5.74) is 3.95. The van der Waals surface area contributed by atoms with Crippen molar-refractivity contribution in [3.8, 4) is 5.75 Å². The summed E-state index contributed by atoms with van der Waals surface area (Å²) in [7, 11) is 2.02. The average molecular weight is 314 g/mol. The second kappa shape index (κ2) is 7.76. The van der Waals surface area contributed by atoms with E-state index in [2.05, 4.69) is 11.5 Å². The fourth-order valence-corrected chi connectivity index (χ4v) is 2.49. The maximum atomic E-state index is 11.5. The van der Waals surface area contributed by atoms with Gasteiger partial charge < -0.3 is 4.74 Å². The quantitative estimate of drug-likeness (QED) is 0.509. The van der Waals surface area contributed by atoms with E-state index in [1.807, 2.05) is 44.3 Å². The van der Waals surface area contributed by atoms with Crippen LogP contribution in [0.4, 0.5) is 0 Å². The van der Waals surface area contributed by atoms with E-state index in [1.54, 1.807) is 17.6 Å². The molecule has 0 unspecified atom stereocenters. The van der Waals surface area contributed by atoms with Gasteiger partial charge in [0.25, 0.3) is 5.91 Å². The number of rotatable bonds is 4. The van der Waals surface area contributed by atoms with Crippen LogP contribution in [0.1, 0.15) is 22.8 Å². The molecule has 0 aromatic heterocycles. The Balaban J connectivity index is 2.18. The third-order valence-corrected chi connectivity index (χ3v) is 3.82. The van der Waals surface area contributed by atoms with Crippen molar-refractivity contribution in [1.29, 1.82) is 0 Å². The number of benzene rings is 1. The Kier molecular flexibility index (Phi) is 5.73. The minimum absolute atomic E-state index is 0.0547. The largest absolute Gasteiger partial charge is 0.491 e. The number of hydrogen-bond donors (Lipinski definition) is 2. The first-order chi connectivity index (χ1) is 11.1. The van der Waals surface area contributed by atoms with Crippen LogP contribution >= 0.6 is 0 Å². The van der Waals surface area contributed by atoms with E-state index in [0.29, 0.717) is 24.5 Å². The lowest BCUT2D eigenvalue weighted by molar-refractivity contribution is 0.0706. The van der Waals surface area contributed by atoms with Crippen LogP contribution in [0.25, 0.3) is 0 Å². The summed E-state index contributed by atoms with van der Waals surface area (Å²) in [5.74, 6) is 0.106. The molecule has 1 heterocycles. The molecule has 0 aliphatic carbocycles. The smallest absolute Gasteiger partial charge is 0.274 e. The molecule has 23 heavy (non-hydrogen) atoms. The molecule has 1 aromatic carbocycles. The Morgan fingerprint density at radius 2 is 2.26 bits per heavy atom. The molecule has 0 saturated heterocycles. The minimum atomic E-state index is -0.552. The van der Waals surface area contributed by atoms with Crippen molar-refractivity contribution in [2.24, 2.45) is 0 Å². The zero-order valence-corrected chi connectivity index (χ0v) is 13.5. The third-order valence-electron chi connectivity index (χ3n) is 3.82. The van der Waals surface area contributed by atoms with Crippen LogP contribution in [0.3, 0.4) is 0 Å². The van der Waals surface area contributed by atoms with Crippen molar-refractivity contribution >= 4 is 5.91 Å². The van der Waals surface area contributed by atoms with Gasteiger partial charge in [0.2, 0.25) is 0 Å². The van der Waals surface area contributed by atoms with Gasteiger partial charge in [-0.05, 0) is 31.7 Å². The summed E-state index contributed by atoms with van der Waals surface area (Å²) in [6.07, 6.45) is 7.85. The van der Waals surface area contributed by atoms with Gasteiger partial charge in [-0.2, -0.15) is 0 Å². The summed E-state index contributed by atoms with van der Waals surface area (Å²) in [6, 6.07) is 5.22. The van der Waals surface area contributed by atoms with Crippen molar-refractivity contribution in [3.63, 3.8) is 0 Å². The van der Waals surface area contributed by atoms with Crippen molar-refractivity contribution < 1.29 is 14.7 Å². The summed E-state index contributed by atoms with van der Waals surface area (Å²) in [4.78, 5) is 13.7. The molecule has 1 aromatic rings. The molecule has 1 aliphatic heterocycles. The SMILES string of the molecule is C=C(/C=C\C=C/C)[C@H]1COc2cc(C(=O)NO)ccc2CN1C. The normalized spacial score (nSPS) is 18.5. The number of hydroxylamine groups is 1. The van der Waals surface area contributed by atoms with Gasteiger partial charge in [0, 0.05) is 17.7 Å². The number of nitrogens with one attached hydrogen (secondary N) is 1. The summed E-state index contributed by atoms with van der Waals surface area (Å²) < 4.78 is 5.88. The number of likely N-dealkylation sites (N-methyl/N-ethyl adjacent to an activating group) is 1. The molecule has 2 rings (SSSR count). The monoisotopic (exact) mass is 314 g/mol. The molecule has 0 fully saturated rings. The second-order valence-electron chi connectivity index (χ2n) is 5.47. The highest BCUT2D eigenvalue weighted by atomic mass is 16.5. The molecule has 0 radical (unpaired) electrons. The number of nitrogens with zero attached hydrogens (tertiary/aromatic N) is 1. The fraction of sp³-hybridized carbons (Fsp3) is 0.278. The molecule has 5 heteroatoms. The van der Waals surface area contributed by atoms with Gasteiger partial charge in [-0.3, -0.25) is 14.9 Å². The van der Waals surface area contributed by atoms with Gasteiger partial charge in [0.05, 0.1) is 6.04 Å². The predicted octanol–water partition coefficient (Wildman–Crippen LogP) is 2.69. The van der Waals surface area contributed by atoms with E-state index in [4.69, 9.17) is 9.94 Å². The maximum Gasteiger partial charge on any atom is 0.274 e. The zero-order chi connectivity index (χ0) is 16.8. The standard InChI is InChI=1S/C18H22N2O3/c1-4-5-6-7-13(2)16-12-23-17-10-14(18(21)19-22)8-9-15(17)11-20(16)3/h4-10,16,22H,2,11-12H2,1,3H3,(H,19,21)/b5-4-,7-6-/t16-/m1/s1.